The van der Waals surface area contributed by atoms with Crippen LogP contribution in [-0.2, 0) is 27.1 Å². The summed E-state index contributed by atoms with van der Waals surface area (Å²) < 4.78 is 29.5. The minimum absolute atomic E-state index is 0.00606. The average molecular weight is 747 g/mol. The predicted octanol–water partition coefficient (Wildman–Crippen LogP) is 3.99. The van der Waals surface area contributed by atoms with Crippen molar-refractivity contribution in [2.75, 3.05) is 0 Å². The van der Waals surface area contributed by atoms with Crippen LogP contribution in [0.1, 0.15) is 35.1 Å². The van der Waals surface area contributed by atoms with E-state index in [1.54, 1.807) is 0 Å². The summed E-state index contributed by atoms with van der Waals surface area (Å²) in [5.74, 6) is -3.19. The zero-order valence-corrected chi connectivity index (χ0v) is 29.4. The largest absolute Gasteiger partial charge is 0.508 e. The molecule has 4 aromatic carbocycles. The van der Waals surface area contributed by atoms with Crippen molar-refractivity contribution in [1.29, 1.82) is 0 Å². The van der Waals surface area contributed by atoms with Crippen LogP contribution in [0.4, 0.5) is 0 Å². The number of phenols is 4. The summed E-state index contributed by atoms with van der Waals surface area (Å²) in [6, 6.07) is 20.7. The van der Waals surface area contributed by atoms with E-state index in [0.29, 0.717) is 12.8 Å². The Morgan fingerprint density at radius 3 is 1.85 bits per heavy atom. The van der Waals surface area contributed by atoms with Crippen LogP contribution in [0.5, 0.6) is 28.7 Å². The van der Waals surface area contributed by atoms with Gasteiger partial charge in [-0.3, -0.25) is 4.79 Å². The highest BCUT2D eigenvalue weighted by molar-refractivity contribution is 5.88. The second-order valence-corrected chi connectivity index (χ2v) is 13.3. The van der Waals surface area contributed by atoms with E-state index in [1.807, 2.05) is 62.4 Å². The van der Waals surface area contributed by atoms with Crippen LogP contribution in [0, 0.1) is 13.8 Å². The highest BCUT2D eigenvalue weighted by Gasteiger charge is 2.50. The number of aromatic hydroxyl groups is 4. The summed E-state index contributed by atoms with van der Waals surface area (Å²) in [5, 5.41) is 84.7. The summed E-state index contributed by atoms with van der Waals surface area (Å²) in [4.78, 5) is 14.1. The number of aliphatic hydroxyl groups excluding tert-OH is 4. The van der Waals surface area contributed by atoms with Gasteiger partial charge in [0.25, 0.3) is 0 Å². The van der Waals surface area contributed by atoms with Gasteiger partial charge in [-0.15, -0.1) is 0 Å². The molecule has 54 heavy (non-hydrogen) atoms. The number of rotatable bonds is 13. The van der Waals surface area contributed by atoms with E-state index in [4.69, 9.17) is 23.4 Å². The average Bonchev–Trinajstić information content (AvgIpc) is 3.13. The molecule has 0 aliphatic carbocycles. The first-order valence-corrected chi connectivity index (χ1v) is 17.3. The van der Waals surface area contributed by atoms with E-state index in [1.165, 1.54) is 6.07 Å². The van der Waals surface area contributed by atoms with Gasteiger partial charge in [0.05, 0.1) is 0 Å². The number of hydrogen-bond donors (Lipinski definition) is 8. The standard InChI is InChI=1S/C40H42O14/c1-20-3-7-22(8-4-20)11-15-30(45)51-37-34(48)39(49)54-40(38(37)52-31(46)16-12-23-9-5-21(2)6-10-23)53-36-33(47)32-28(44)18-25(41)19-29(32)50-35(36)24-13-14-26(42)27(43)17-24/h3-10,13-14,17-19,30-31,34,37-46,48-49H,11-12,15-16H2,1-2H3/t30-,31?,34-,37+,38-,39+,40-/m1/s1. The third kappa shape index (κ3) is 8.77. The van der Waals surface area contributed by atoms with Gasteiger partial charge in [-0.05, 0) is 56.0 Å². The molecule has 7 atom stereocenters. The molecule has 286 valence electrons. The third-order valence-corrected chi connectivity index (χ3v) is 9.11. The zero-order valence-electron chi connectivity index (χ0n) is 29.4. The number of phenolic OH excluding ortho intramolecular Hbond substituents is 4. The van der Waals surface area contributed by atoms with Crippen LogP contribution >= 0.6 is 0 Å². The molecule has 0 saturated carbocycles. The normalized spacial score (nSPS) is 21.2. The Hall–Kier alpha value is -5.19. The zero-order chi connectivity index (χ0) is 38.7. The molecule has 2 heterocycles. The fourth-order valence-electron chi connectivity index (χ4n) is 6.14. The van der Waals surface area contributed by atoms with Crippen LogP contribution in [-0.4, -0.2) is 84.3 Å². The van der Waals surface area contributed by atoms with Crippen LogP contribution < -0.4 is 10.2 Å². The maximum atomic E-state index is 14.1. The van der Waals surface area contributed by atoms with Gasteiger partial charge in [-0.1, -0.05) is 59.7 Å². The van der Waals surface area contributed by atoms with Crippen molar-refractivity contribution in [1.82, 2.24) is 0 Å². The number of hydrogen-bond acceptors (Lipinski definition) is 14. The Labute approximate surface area is 309 Å². The van der Waals surface area contributed by atoms with Gasteiger partial charge in [0.2, 0.25) is 17.5 Å². The summed E-state index contributed by atoms with van der Waals surface area (Å²) >= 11 is 0. The molecule has 0 bridgehead atoms. The fourth-order valence-corrected chi connectivity index (χ4v) is 6.14. The topological polar surface area (TPSA) is 229 Å². The Morgan fingerprint density at radius 2 is 1.28 bits per heavy atom. The lowest BCUT2D eigenvalue weighted by atomic mass is 10.0. The molecule has 0 radical (unpaired) electrons. The number of fused-ring (bicyclic) bond motifs is 1. The molecule has 0 spiro atoms. The minimum atomic E-state index is -2.02. The van der Waals surface area contributed by atoms with Crippen molar-refractivity contribution in [3.63, 3.8) is 0 Å². The highest BCUT2D eigenvalue weighted by atomic mass is 16.8. The van der Waals surface area contributed by atoms with Gasteiger partial charge in [-0.25, -0.2) is 0 Å². The van der Waals surface area contributed by atoms with Gasteiger partial charge in [0, 0.05) is 30.5 Å². The third-order valence-electron chi connectivity index (χ3n) is 9.11. The Balaban J connectivity index is 1.36. The minimum Gasteiger partial charge on any atom is -0.508 e. The number of benzene rings is 4. The lowest BCUT2D eigenvalue weighted by Crippen LogP contribution is -2.62. The van der Waals surface area contributed by atoms with E-state index in [-0.39, 0.29) is 29.7 Å². The van der Waals surface area contributed by atoms with E-state index in [2.05, 4.69) is 0 Å². The first-order valence-electron chi connectivity index (χ1n) is 17.3. The van der Waals surface area contributed by atoms with Crippen LogP contribution in [0.15, 0.2) is 88.1 Å². The molecule has 5 aromatic rings. The Morgan fingerprint density at radius 1 is 0.704 bits per heavy atom. The van der Waals surface area contributed by atoms with Crippen molar-refractivity contribution >= 4 is 11.0 Å². The predicted molar refractivity (Wildman–Crippen MR) is 193 cm³/mol. The molecule has 1 aliphatic rings. The number of aryl methyl sites for hydroxylation is 4. The first kappa shape index (κ1) is 38.5. The van der Waals surface area contributed by atoms with Gasteiger partial charge in [-0.2, -0.15) is 0 Å². The molecule has 1 aromatic heterocycles. The quantitative estimate of drug-likeness (QED) is 0.0630. The summed E-state index contributed by atoms with van der Waals surface area (Å²) in [6.07, 6.45) is -11.2. The van der Waals surface area contributed by atoms with Crippen LogP contribution in [0.25, 0.3) is 22.3 Å². The molecule has 1 aliphatic heterocycles. The monoisotopic (exact) mass is 746 g/mol. The molecule has 1 unspecified atom stereocenters. The Kier molecular flexibility index (Phi) is 11.7. The second-order valence-electron chi connectivity index (χ2n) is 13.3. The smallest absolute Gasteiger partial charge is 0.239 e. The Bertz CT molecular complexity index is 2110. The second kappa shape index (κ2) is 16.4. The maximum absolute atomic E-state index is 14.1. The van der Waals surface area contributed by atoms with E-state index >= 15 is 0 Å². The molecule has 0 amide bonds. The van der Waals surface area contributed by atoms with Crippen molar-refractivity contribution < 1.29 is 64.2 Å². The molecule has 14 nitrogen and oxygen atoms in total. The molecule has 1 fully saturated rings. The molecule has 6 rings (SSSR count). The van der Waals surface area contributed by atoms with Crippen LogP contribution in [0.3, 0.4) is 0 Å². The number of ether oxygens (including phenoxy) is 4. The van der Waals surface area contributed by atoms with Gasteiger partial charge < -0.3 is 64.2 Å². The SMILES string of the molecule is Cc1ccc(CCC(O)O[C@H]2[C@H](Oc3c(-c4ccc(O)c(O)c4)oc4cc(O)cc(O)c4c3=O)O[C@H](O)[C@H](O)[C@@H]2O[C@@H](O)CCc2ccc(C)cc2)cc1. The summed E-state index contributed by atoms with van der Waals surface area (Å²) in [6.45, 7) is 3.89. The van der Waals surface area contributed by atoms with E-state index in [9.17, 15) is 45.6 Å². The lowest BCUT2D eigenvalue weighted by Gasteiger charge is -2.43. The number of aliphatic hydroxyl groups is 4. The lowest BCUT2D eigenvalue weighted by molar-refractivity contribution is -0.362. The van der Waals surface area contributed by atoms with E-state index in [0.717, 1.165) is 46.5 Å². The van der Waals surface area contributed by atoms with Gasteiger partial charge in [0.15, 0.2) is 42.2 Å². The molecular formula is C40H42O14. The maximum Gasteiger partial charge on any atom is 0.239 e. The van der Waals surface area contributed by atoms with Gasteiger partial charge >= 0.3 is 0 Å². The van der Waals surface area contributed by atoms with Crippen molar-refractivity contribution in [3.8, 4) is 40.1 Å². The van der Waals surface area contributed by atoms with Gasteiger partial charge in [0.1, 0.15) is 34.7 Å². The molecule has 1 saturated heterocycles. The van der Waals surface area contributed by atoms with Crippen molar-refractivity contribution in [2.45, 2.75) is 83.0 Å². The highest BCUT2D eigenvalue weighted by Crippen LogP contribution is 2.40. The summed E-state index contributed by atoms with van der Waals surface area (Å²) in [5.41, 5.74) is 2.64. The summed E-state index contributed by atoms with van der Waals surface area (Å²) in [7, 11) is 0. The fraction of sp³-hybridized carbons (Fsp3) is 0.325. The van der Waals surface area contributed by atoms with Crippen molar-refractivity contribution in [2.24, 2.45) is 0 Å². The van der Waals surface area contributed by atoms with Crippen molar-refractivity contribution in [3.05, 3.63) is 111 Å². The molecular weight excluding hydrogens is 704 g/mol. The van der Waals surface area contributed by atoms with Crippen LogP contribution in [0.2, 0.25) is 0 Å². The van der Waals surface area contributed by atoms with E-state index < -0.39 is 83.0 Å². The first-order chi connectivity index (χ1) is 25.8. The molecule has 14 heteroatoms. The molecule has 8 N–H and O–H groups in total.